The summed E-state index contributed by atoms with van der Waals surface area (Å²) in [5, 5.41) is 0.559. The summed E-state index contributed by atoms with van der Waals surface area (Å²) in [6, 6.07) is 11.9. The lowest BCUT2D eigenvalue weighted by atomic mass is 10.2. The zero-order chi connectivity index (χ0) is 18.2. The molecule has 0 saturated carbocycles. The first-order chi connectivity index (χ1) is 11.7. The van der Waals surface area contributed by atoms with Gasteiger partial charge in [0.1, 0.15) is 0 Å². The average molecular weight is 397 g/mol. The lowest BCUT2D eigenvalue weighted by Gasteiger charge is -2.10. The van der Waals surface area contributed by atoms with Crippen LogP contribution in [0.5, 0.6) is 0 Å². The fourth-order valence-corrected chi connectivity index (χ4v) is 4.97. The molecule has 25 heavy (non-hydrogen) atoms. The van der Waals surface area contributed by atoms with Gasteiger partial charge in [-0.05, 0) is 49.7 Å². The highest BCUT2D eigenvalue weighted by Crippen LogP contribution is 2.25. The molecular weight excluding hydrogens is 380 g/mol. The van der Waals surface area contributed by atoms with Crippen molar-refractivity contribution in [1.29, 1.82) is 0 Å². The van der Waals surface area contributed by atoms with Gasteiger partial charge in [0.25, 0.3) is 0 Å². The maximum Gasteiger partial charge on any atom is 0.308 e. The molecule has 8 heteroatoms. The van der Waals surface area contributed by atoms with Crippen LogP contribution in [0, 0.1) is 0 Å². The average Bonchev–Trinajstić information content (AvgIpc) is 2.84. The second-order valence-electron chi connectivity index (χ2n) is 6.00. The molecule has 0 aliphatic rings. The summed E-state index contributed by atoms with van der Waals surface area (Å²) in [5.41, 5.74) is 1.90. The smallest absolute Gasteiger partial charge is 0.296 e. The number of anilines is 1. The van der Waals surface area contributed by atoms with Gasteiger partial charge in [-0.3, -0.25) is 14.1 Å². The normalized spacial score (nSPS) is 12.0. The van der Waals surface area contributed by atoms with Gasteiger partial charge in [-0.1, -0.05) is 35.1 Å². The minimum atomic E-state index is -3.56. The van der Waals surface area contributed by atoms with Crippen LogP contribution in [-0.2, 0) is 15.8 Å². The summed E-state index contributed by atoms with van der Waals surface area (Å²) in [4.78, 5) is 12.0. The van der Waals surface area contributed by atoms with Crippen molar-refractivity contribution in [3.8, 4) is 0 Å². The molecule has 3 rings (SSSR count). The van der Waals surface area contributed by atoms with Crippen LogP contribution in [0.25, 0.3) is 10.2 Å². The summed E-state index contributed by atoms with van der Waals surface area (Å²) < 4.78 is 29.7. The summed E-state index contributed by atoms with van der Waals surface area (Å²) in [6.45, 7) is 3.88. The molecule has 0 unspecified atom stereocenters. The van der Waals surface area contributed by atoms with Gasteiger partial charge in [-0.2, -0.15) is 0 Å². The fourth-order valence-electron chi connectivity index (χ4n) is 2.60. The molecule has 0 saturated heterocycles. The van der Waals surface area contributed by atoms with E-state index in [1.54, 1.807) is 47.0 Å². The number of aromatic nitrogens is 1. The van der Waals surface area contributed by atoms with Crippen LogP contribution in [-0.4, -0.2) is 13.0 Å². The Morgan fingerprint density at radius 3 is 2.48 bits per heavy atom. The molecule has 0 aliphatic heterocycles. The zero-order valence-electron chi connectivity index (χ0n) is 13.7. The molecule has 5 nitrogen and oxygen atoms in total. The monoisotopic (exact) mass is 396 g/mol. The molecular formula is C17H17ClN2O3S2. The number of thiazole rings is 1. The quantitative estimate of drug-likeness (QED) is 0.701. The van der Waals surface area contributed by atoms with Gasteiger partial charge in [-0.25, -0.2) is 8.42 Å². The van der Waals surface area contributed by atoms with E-state index in [9.17, 15) is 13.2 Å². The van der Waals surface area contributed by atoms with E-state index in [0.717, 1.165) is 21.6 Å². The van der Waals surface area contributed by atoms with E-state index >= 15 is 0 Å². The van der Waals surface area contributed by atoms with Gasteiger partial charge >= 0.3 is 4.87 Å². The summed E-state index contributed by atoms with van der Waals surface area (Å²) >= 11 is 6.92. The van der Waals surface area contributed by atoms with Crippen molar-refractivity contribution in [2.24, 2.45) is 0 Å². The highest BCUT2D eigenvalue weighted by Gasteiger charge is 2.14. The Bertz CT molecular complexity index is 1070. The summed E-state index contributed by atoms with van der Waals surface area (Å²) in [5.74, 6) is -0.147. The van der Waals surface area contributed by atoms with Gasteiger partial charge in [0.2, 0.25) is 10.0 Å². The minimum absolute atomic E-state index is 0.0497. The summed E-state index contributed by atoms with van der Waals surface area (Å²) in [6.07, 6.45) is 0. The summed E-state index contributed by atoms with van der Waals surface area (Å²) in [7, 11) is -3.56. The Hall–Kier alpha value is -1.83. The Balaban J connectivity index is 1.87. The van der Waals surface area contributed by atoms with Crippen molar-refractivity contribution >= 4 is 48.9 Å². The van der Waals surface area contributed by atoms with Crippen molar-refractivity contribution < 1.29 is 8.42 Å². The maximum atomic E-state index is 12.4. The minimum Gasteiger partial charge on any atom is -0.296 e. The van der Waals surface area contributed by atoms with Crippen molar-refractivity contribution in [3.05, 3.63) is 62.7 Å². The number of fused-ring (bicyclic) bond motifs is 1. The molecule has 0 amide bonds. The maximum absolute atomic E-state index is 12.4. The zero-order valence-corrected chi connectivity index (χ0v) is 16.1. The number of hydrogen-bond donors (Lipinski definition) is 1. The second kappa shape index (κ2) is 6.82. The van der Waals surface area contributed by atoms with Gasteiger partial charge in [-0.15, -0.1) is 0 Å². The Kier molecular flexibility index (Phi) is 4.90. The van der Waals surface area contributed by atoms with E-state index in [-0.39, 0.29) is 16.7 Å². The first-order valence-electron chi connectivity index (χ1n) is 7.65. The second-order valence-corrected chi connectivity index (χ2v) is 9.15. The lowest BCUT2D eigenvalue weighted by molar-refractivity contribution is 0.600. The van der Waals surface area contributed by atoms with Crippen molar-refractivity contribution in [2.75, 3.05) is 4.72 Å². The van der Waals surface area contributed by atoms with Crippen LogP contribution in [0.15, 0.2) is 47.3 Å². The number of nitrogens with zero attached hydrogens (tertiary/aromatic N) is 1. The van der Waals surface area contributed by atoms with Gasteiger partial charge in [0.05, 0.1) is 21.7 Å². The molecule has 1 heterocycles. The third-order valence-corrected chi connectivity index (χ3v) is 6.10. The molecule has 0 aliphatic carbocycles. The Morgan fingerprint density at radius 1 is 1.16 bits per heavy atom. The molecule has 2 aromatic carbocycles. The fraction of sp³-hybridized carbons (Fsp3) is 0.235. The van der Waals surface area contributed by atoms with Crippen molar-refractivity contribution in [3.63, 3.8) is 0 Å². The molecule has 0 spiro atoms. The number of halogens is 1. The topological polar surface area (TPSA) is 68.2 Å². The largest absolute Gasteiger partial charge is 0.308 e. The number of rotatable bonds is 5. The van der Waals surface area contributed by atoms with Crippen LogP contribution in [0.2, 0.25) is 5.02 Å². The highest BCUT2D eigenvalue weighted by molar-refractivity contribution is 7.91. The first kappa shape index (κ1) is 18.0. The van der Waals surface area contributed by atoms with E-state index in [4.69, 9.17) is 11.6 Å². The number of hydrogen-bond acceptors (Lipinski definition) is 4. The van der Waals surface area contributed by atoms with Gasteiger partial charge < -0.3 is 0 Å². The number of nitrogens with one attached hydrogen (secondary N) is 1. The molecule has 1 N–H and O–H groups in total. The van der Waals surface area contributed by atoms with E-state index < -0.39 is 10.0 Å². The highest BCUT2D eigenvalue weighted by atomic mass is 35.5. The van der Waals surface area contributed by atoms with Crippen LogP contribution in [0.1, 0.15) is 25.5 Å². The Labute approximate surface area is 154 Å². The molecule has 132 valence electrons. The SMILES string of the molecule is CC(C)n1c(=O)sc2cc(NS(=O)(=O)Cc3ccc(Cl)cc3)ccc21. The van der Waals surface area contributed by atoms with E-state index in [1.807, 2.05) is 13.8 Å². The number of benzene rings is 2. The predicted molar refractivity (Wildman–Crippen MR) is 104 cm³/mol. The van der Waals surface area contributed by atoms with Gasteiger partial charge in [0, 0.05) is 11.1 Å². The molecule has 0 fully saturated rings. The van der Waals surface area contributed by atoms with E-state index in [0.29, 0.717) is 16.3 Å². The van der Waals surface area contributed by atoms with Crippen LogP contribution >= 0.6 is 22.9 Å². The molecule has 1 aromatic heterocycles. The van der Waals surface area contributed by atoms with E-state index in [1.165, 1.54) is 0 Å². The lowest BCUT2D eigenvalue weighted by Crippen LogP contribution is -2.15. The molecule has 3 aromatic rings. The van der Waals surface area contributed by atoms with Gasteiger partial charge in [0.15, 0.2) is 0 Å². The molecule has 0 atom stereocenters. The van der Waals surface area contributed by atoms with Crippen molar-refractivity contribution in [2.45, 2.75) is 25.6 Å². The third kappa shape index (κ3) is 4.05. The van der Waals surface area contributed by atoms with E-state index in [2.05, 4.69) is 4.72 Å². The molecule has 0 radical (unpaired) electrons. The van der Waals surface area contributed by atoms with Crippen molar-refractivity contribution in [1.82, 2.24) is 4.57 Å². The third-order valence-electron chi connectivity index (χ3n) is 3.67. The predicted octanol–water partition coefficient (Wildman–Crippen LogP) is 4.24. The van der Waals surface area contributed by atoms with Crippen LogP contribution in [0.3, 0.4) is 0 Å². The first-order valence-corrected chi connectivity index (χ1v) is 10.5. The molecule has 0 bridgehead atoms. The van der Waals surface area contributed by atoms with Crippen LogP contribution in [0.4, 0.5) is 5.69 Å². The standard InChI is InChI=1S/C17H17ClN2O3S2/c1-11(2)20-15-8-7-14(9-16(15)24-17(20)21)19-25(22,23)10-12-3-5-13(18)6-4-12/h3-9,11,19H,10H2,1-2H3. The van der Waals surface area contributed by atoms with Crippen LogP contribution < -0.4 is 9.60 Å². The number of sulfonamides is 1. The Morgan fingerprint density at radius 2 is 1.84 bits per heavy atom.